The lowest BCUT2D eigenvalue weighted by Gasteiger charge is -2.37. The normalized spacial score (nSPS) is 21.0. The summed E-state index contributed by atoms with van der Waals surface area (Å²) < 4.78 is 0. The number of nitrogens with one attached hydrogen (secondary N) is 1. The first-order chi connectivity index (χ1) is 9.08. The molecule has 1 aromatic rings. The Morgan fingerprint density at radius 2 is 2.26 bits per heavy atom. The Kier molecular flexibility index (Phi) is 4.43. The number of nitrogens with two attached hydrogens (primary N) is 1. The molecule has 0 aromatic heterocycles. The number of hydrogen-bond donors (Lipinski definition) is 2. The van der Waals surface area contributed by atoms with Crippen molar-refractivity contribution in [2.45, 2.75) is 45.2 Å². The van der Waals surface area contributed by atoms with Crippen molar-refractivity contribution in [1.29, 1.82) is 0 Å². The number of likely N-dealkylation sites (tertiary alicyclic amines) is 1. The molecule has 1 fully saturated rings. The predicted molar refractivity (Wildman–Crippen MR) is 78.2 cm³/mol. The molecule has 4 heteroatoms. The van der Waals surface area contributed by atoms with Crippen LogP contribution >= 0.6 is 0 Å². The molecule has 1 heterocycles. The fourth-order valence-electron chi connectivity index (χ4n) is 2.67. The Balaban J connectivity index is 2.05. The molecule has 1 aromatic carbocycles. The summed E-state index contributed by atoms with van der Waals surface area (Å²) in [4.78, 5) is 14.2. The van der Waals surface area contributed by atoms with Crippen molar-refractivity contribution >= 4 is 11.7 Å². The maximum absolute atomic E-state index is 12.4. The number of benzene rings is 1. The molecular formula is C15H23N3O. The molecule has 0 saturated carbocycles. The van der Waals surface area contributed by atoms with Crippen LogP contribution in [0.25, 0.3) is 0 Å². The van der Waals surface area contributed by atoms with Gasteiger partial charge in [0.25, 0.3) is 0 Å². The number of amides is 2. The van der Waals surface area contributed by atoms with Gasteiger partial charge in [0.15, 0.2) is 0 Å². The third kappa shape index (κ3) is 3.47. The molecule has 3 N–H and O–H groups in total. The maximum Gasteiger partial charge on any atom is 0.322 e. The van der Waals surface area contributed by atoms with Crippen LogP contribution in [0.3, 0.4) is 0 Å². The van der Waals surface area contributed by atoms with Gasteiger partial charge in [-0.1, -0.05) is 12.1 Å². The fourth-order valence-corrected chi connectivity index (χ4v) is 2.67. The van der Waals surface area contributed by atoms with E-state index in [1.807, 2.05) is 43.0 Å². The van der Waals surface area contributed by atoms with E-state index in [0.717, 1.165) is 37.1 Å². The Morgan fingerprint density at radius 1 is 1.47 bits per heavy atom. The number of hydrogen-bond acceptors (Lipinski definition) is 2. The molecule has 104 valence electrons. The van der Waals surface area contributed by atoms with E-state index in [1.165, 1.54) is 0 Å². The topological polar surface area (TPSA) is 58.4 Å². The van der Waals surface area contributed by atoms with Crippen molar-refractivity contribution in [1.82, 2.24) is 4.90 Å². The third-order valence-corrected chi connectivity index (χ3v) is 3.69. The Hall–Kier alpha value is -1.55. The van der Waals surface area contributed by atoms with E-state index in [1.54, 1.807) is 0 Å². The largest absolute Gasteiger partial charge is 0.326 e. The van der Waals surface area contributed by atoms with Gasteiger partial charge in [-0.2, -0.15) is 0 Å². The third-order valence-electron chi connectivity index (χ3n) is 3.69. The minimum absolute atomic E-state index is 0.0172. The van der Waals surface area contributed by atoms with E-state index in [0.29, 0.717) is 0 Å². The van der Waals surface area contributed by atoms with Crippen molar-refractivity contribution in [3.05, 3.63) is 29.8 Å². The van der Waals surface area contributed by atoms with E-state index in [9.17, 15) is 4.79 Å². The summed E-state index contributed by atoms with van der Waals surface area (Å²) in [6, 6.07) is 7.99. The molecular weight excluding hydrogens is 238 g/mol. The highest BCUT2D eigenvalue weighted by atomic mass is 16.2. The van der Waals surface area contributed by atoms with Crippen LogP contribution in [0.1, 0.15) is 31.7 Å². The van der Waals surface area contributed by atoms with Gasteiger partial charge in [-0.15, -0.1) is 0 Å². The van der Waals surface area contributed by atoms with Crippen LogP contribution in [0.2, 0.25) is 0 Å². The van der Waals surface area contributed by atoms with Crippen molar-refractivity contribution in [3.63, 3.8) is 0 Å². The summed E-state index contributed by atoms with van der Waals surface area (Å²) in [5.41, 5.74) is 7.98. The molecule has 0 aliphatic carbocycles. The van der Waals surface area contributed by atoms with Crippen LogP contribution in [0, 0.1) is 6.92 Å². The van der Waals surface area contributed by atoms with Crippen LogP contribution in [-0.4, -0.2) is 29.6 Å². The molecule has 2 rings (SSSR count). The van der Waals surface area contributed by atoms with E-state index in [2.05, 4.69) is 5.32 Å². The fraction of sp³-hybridized carbons (Fsp3) is 0.533. The highest BCUT2D eigenvalue weighted by Gasteiger charge is 2.29. The van der Waals surface area contributed by atoms with Crippen LogP contribution in [-0.2, 0) is 0 Å². The number of carbonyl (C=O) groups excluding carboxylic acids is 1. The lowest BCUT2D eigenvalue weighted by Crippen LogP contribution is -2.53. The number of nitrogens with zero attached hydrogens (tertiary/aromatic N) is 1. The Morgan fingerprint density at radius 3 is 2.95 bits per heavy atom. The number of urea groups is 1. The predicted octanol–water partition coefficient (Wildman–Crippen LogP) is 2.73. The molecule has 0 bridgehead atoms. The second-order valence-electron chi connectivity index (χ2n) is 5.42. The summed E-state index contributed by atoms with van der Waals surface area (Å²) in [5.74, 6) is 0. The van der Waals surface area contributed by atoms with Gasteiger partial charge < -0.3 is 16.0 Å². The first kappa shape index (κ1) is 13.9. The molecule has 0 radical (unpaired) electrons. The number of carbonyl (C=O) groups is 1. The summed E-state index contributed by atoms with van der Waals surface area (Å²) in [6.07, 6.45) is 3.21. The van der Waals surface area contributed by atoms with Crippen molar-refractivity contribution < 1.29 is 4.79 Å². The van der Waals surface area contributed by atoms with E-state index in [-0.39, 0.29) is 18.1 Å². The number of rotatable bonds is 2. The molecule has 19 heavy (non-hydrogen) atoms. The van der Waals surface area contributed by atoms with Gasteiger partial charge in [-0.05, 0) is 50.8 Å². The number of piperidine rings is 1. The Labute approximate surface area is 115 Å². The molecule has 1 aliphatic heterocycles. The monoisotopic (exact) mass is 261 g/mol. The number of anilines is 1. The van der Waals surface area contributed by atoms with Gasteiger partial charge in [0, 0.05) is 24.3 Å². The molecule has 1 saturated heterocycles. The second-order valence-corrected chi connectivity index (χ2v) is 5.42. The lowest BCUT2D eigenvalue weighted by molar-refractivity contribution is 0.151. The zero-order valence-corrected chi connectivity index (χ0v) is 11.7. The maximum atomic E-state index is 12.4. The van der Waals surface area contributed by atoms with Crippen LogP contribution in [0.5, 0.6) is 0 Å². The molecule has 4 nitrogen and oxygen atoms in total. The Bertz CT molecular complexity index is 445. The van der Waals surface area contributed by atoms with Crippen LogP contribution in [0.4, 0.5) is 10.5 Å². The second kappa shape index (κ2) is 6.06. The average Bonchev–Trinajstić information content (AvgIpc) is 2.38. The van der Waals surface area contributed by atoms with Gasteiger partial charge in [0.1, 0.15) is 0 Å². The summed E-state index contributed by atoms with van der Waals surface area (Å²) >= 11 is 0. The molecule has 0 spiro atoms. The van der Waals surface area contributed by atoms with Crippen molar-refractivity contribution in [2.75, 3.05) is 11.9 Å². The highest BCUT2D eigenvalue weighted by Crippen LogP contribution is 2.20. The molecule has 2 unspecified atom stereocenters. The lowest BCUT2D eigenvalue weighted by atomic mass is 9.97. The zero-order chi connectivity index (χ0) is 13.8. The smallest absolute Gasteiger partial charge is 0.322 e. The minimum Gasteiger partial charge on any atom is -0.326 e. The van der Waals surface area contributed by atoms with E-state index in [4.69, 9.17) is 5.73 Å². The van der Waals surface area contributed by atoms with Crippen LogP contribution < -0.4 is 11.1 Å². The number of aryl methyl sites for hydroxylation is 1. The van der Waals surface area contributed by atoms with Crippen LogP contribution in [0.15, 0.2) is 24.3 Å². The minimum atomic E-state index is -0.0346. The molecule has 1 aliphatic rings. The van der Waals surface area contributed by atoms with Gasteiger partial charge in [-0.25, -0.2) is 4.79 Å². The first-order valence-electron chi connectivity index (χ1n) is 6.98. The highest BCUT2D eigenvalue weighted by molar-refractivity contribution is 5.89. The van der Waals surface area contributed by atoms with Gasteiger partial charge in [-0.3, -0.25) is 0 Å². The summed E-state index contributed by atoms with van der Waals surface area (Å²) in [6.45, 7) is 4.79. The van der Waals surface area contributed by atoms with Crippen molar-refractivity contribution in [2.24, 2.45) is 5.73 Å². The zero-order valence-electron chi connectivity index (χ0n) is 11.7. The standard InChI is InChI=1S/C15H23N3O/c1-11-6-5-7-13(10-11)17-15(19)18-9-4-3-8-14(18)12(2)16/h5-7,10,12,14H,3-4,8-9,16H2,1-2H3,(H,17,19). The first-order valence-corrected chi connectivity index (χ1v) is 6.98. The summed E-state index contributed by atoms with van der Waals surface area (Å²) in [5, 5.41) is 2.97. The quantitative estimate of drug-likeness (QED) is 0.860. The van der Waals surface area contributed by atoms with Gasteiger partial charge in [0.2, 0.25) is 0 Å². The van der Waals surface area contributed by atoms with E-state index >= 15 is 0 Å². The molecule has 2 atom stereocenters. The van der Waals surface area contributed by atoms with Crippen molar-refractivity contribution in [3.8, 4) is 0 Å². The SMILES string of the molecule is Cc1cccc(NC(=O)N2CCCCC2C(C)N)c1. The van der Waals surface area contributed by atoms with Gasteiger partial charge >= 0.3 is 6.03 Å². The van der Waals surface area contributed by atoms with E-state index < -0.39 is 0 Å². The molecule has 2 amide bonds. The van der Waals surface area contributed by atoms with Gasteiger partial charge in [0.05, 0.1) is 0 Å². The average molecular weight is 261 g/mol. The summed E-state index contributed by atoms with van der Waals surface area (Å²) in [7, 11) is 0.